The van der Waals surface area contributed by atoms with Crippen LogP contribution >= 0.6 is 0 Å². The SMILES string of the molecule is CN(C(=O)CN1CCN(C/C=C/c2ccccc2)CC1)[C@H]1CCCc2ccccc21. The molecule has 0 spiro atoms. The molecule has 4 heteroatoms. The molecule has 0 aromatic heterocycles. The minimum atomic E-state index is 0.229. The van der Waals surface area contributed by atoms with Gasteiger partial charge in [0.05, 0.1) is 12.6 Å². The smallest absolute Gasteiger partial charge is 0.237 e. The Morgan fingerprint density at radius 3 is 2.50 bits per heavy atom. The molecule has 158 valence electrons. The normalized spacial score (nSPS) is 20.2. The van der Waals surface area contributed by atoms with Crippen LogP contribution in [-0.4, -0.2) is 66.9 Å². The minimum Gasteiger partial charge on any atom is -0.338 e. The van der Waals surface area contributed by atoms with Crippen molar-refractivity contribution < 1.29 is 4.79 Å². The van der Waals surface area contributed by atoms with Gasteiger partial charge in [0.1, 0.15) is 0 Å². The number of likely N-dealkylation sites (N-methyl/N-ethyl adjacent to an activating group) is 1. The maximum atomic E-state index is 13.0. The van der Waals surface area contributed by atoms with Gasteiger partial charge < -0.3 is 4.90 Å². The Bertz CT molecular complexity index is 856. The average molecular weight is 404 g/mol. The lowest BCUT2D eigenvalue weighted by Gasteiger charge is -2.37. The lowest BCUT2D eigenvalue weighted by atomic mass is 9.87. The molecule has 0 saturated carbocycles. The van der Waals surface area contributed by atoms with Crippen molar-refractivity contribution in [3.8, 4) is 0 Å². The van der Waals surface area contributed by atoms with Crippen molar-refractivity contribution in [1.29, 1.82) is 0 Å². The Balaban J connectivity index is 1.24. The highest BCUT2D eigenvalue weighted by Gasteiger charge is 2.28. The molecule has 0 radical (unpaired) electrons. The zero-order valence-corrected chi connectivity index (χ0v) is 18.0. The highest BCUT2D eigenvalue weighted by Crippen LogP contribution is 2.33. The van der Waals surface area contributed by atoms with Gasteiger partial charge in [-0.2, -0.15) is 0 Å². The average Bonchev–Trinajstić information content (AvgIpc) is 2.80. The van der Waals surface area contributed by atoms with E-state index >= 15 is 0 Å². The quantitative estimate of drug-likeness (QED) is 0.733. The fourth-order valence-corrected chi connectivity index (χ4v) is 4.64. The van der Waals surface area contributed by atoms with Crippen molar-refractivity contribution in [3.05, 3.63) is 77.4 Å². The van der Waals surface area contributed by atoms with Gasteiger partial charge in [-0.05, 0) is 36.0 Å². The molecule has 0 unspecified atom stereocenters. The molecule has 2 aliphatic rings. The molecule has 0 bridgehead atoms. The van der Waals surface area contributed by atoms with Gasteiger partial charge in [0.25, 0.3) is 0 Å². The van der Waals surface area contributed by atoms with Crippen LogP contribution in [0.25, 0.3) is 6.08 Å². The molecule has 4 rings (SSSR count). The number of nitrogens with zero attached hydrogens (tertiary/aromatic N) is 3. The summed E-state index contributed by atoms with van der Waals surface area (Å²) in [6, 6.07) is 19.3. The van der Waals surface area contributed by atoms with Crippen molar-refractivity contribution in [1.82, 2.24) is 14.7 Å². The van der Waals surface area contributed by atoms with Crippen LogP contribution in [0.2, 0.25) is 0 Å². The number of benzene rings is 2. The lowest BCUT2D eigenvalue weighted by Crippen LogP contribution is -2.50. The van der Waals surface area contributed by atoms with Gasteiger partial charge in [-0.25, -0.2) is 0 Å². The Labute approximate surface area is 180 Å². The Morgan fingerprint density at radius 1 is 1.00 bits per heavy atom. The second-order valence-electron chi connectivity index (χ2n) is 8.50. The van der Waals surface area contributed by atoms with E-state index in [9.17, 15) is 4.79 Å². The summed E-state index contributed by atoms with van der Waals surface area (Å²) in [4.78, 5) is 19.8. The van der Waals surface area contributed by atoms with Crippen LogP contribution in [0.5, 0.6) is 0 Å². The minimum absolute atomic E-state index is 0.229. The van der Waals surface area contributed by atoms with E-state index in [2.05, 4.69) is 70.5 Å². The fourth-order valence-electron chi connectivity index (χ4n) is 4.64. The second kappa shape index (κ2) is 10.1. The van der Waals surface area contributed by atoms with E-state index in [1.807, 2.05) is 18.0 Å². The predicted molar refractivity (Wildman–Crippen MR) is 123 cm³/mol. The van der Waals surface area contributed by atoms with Crippen molar-refractivity contribution in [2.45, 2.75) is 25.3 Å². The van der Waals surface area contributed by atoms with Crippen LogP contribution in [-0.2, 0) is 11.2 Å². The molecule has 2 aromatic rings. The summed E-state index contributed by atoms with van der Waals surface area (Å²) >= 11 is 0. The van der Waals surface area contributed by atoms with Crippen LogP contribution in [0.4, 0.5) is 0 Å². The van der Waals surface area contributed by atoms with Gasteiger partial charge in [-0.1, -0.05) is 66.7 Å². The summed E-state index contributed by atoms with van der Waals surface area (Å²) in [6.07, 6.45) is 7.79. The number of aryl methyl sites for hydroxylation is 1. The topological polar surface area (TPSA) is 26.8 Å². The Hall–Kier alpha value is -2.43. The van der Waals surface area contributed by atoms with Crippen molar-refractivity contribution in [2.75, 3.05) is 46.3 Å². The highest BCUT2D eigenvalue weighted by atomic mass is 16.2. The maximum Gasteiger partial charge on any atom is 0.237 e. The number of hydrogen-bond donors (Lipinski definition) is 0. The number of carbonyl (C=O) groups is 1. The van der Waals surface area contributed by atoms with Gasteiger partial charge >= 0.3 is 0 Å². The molecule has 1 saturated heterocycles. The van der Waals surface area contributed by atoms with E-state index in [0.717, 1.165) is 52.0 Å². The maximum absolute atomic E-state index is 13.0. The van der Waals surface area contributed by atoms with Crippen LogP contribution in [0.15, 0.2) is 60.7 Å². The monoisotopic (exact) mass is 403 g/mol. The Kier molecular flexibility index (Phi) is 6.98. The summed E-state index contributed by atoms with van der Waals surface area (Å²) in [5.41, 5.74) is 3.99. The molecule has 30 heavy (non-hydrogen) atoms. The second-order valence-corrected chi connectivity index (χ2v) is 8.50. The summed E-state index contributed by atoms with van der Waals surface area (Å²) < 4.78 is 0. The van der Waals surface area contributed by atoms with Crippen molar-refractivity contribution in [3.63, 3.8) is 0 Å². The van der Waals surface area contributed by atoms with Gasteiger partial charge in [-0.3, -0.25) is 14.6 Å². The largest absolute Gasteiger partial charge is 0.338 e. The number of fused-ring (bicyclic) bond motifs is 1. The van der Waals surface area contributed by atoms with Gasteiger partial charge in [0, 0.05) is 39.8 Å². The summed E-state index contributed by atoms with van der Waals surface area (Å²) in [6.45, 7) is 5.45. The van der Waals surface area contributed by atoms with E-state index in [1.165, 1.54) is 16.7 Å². The summed E-state index contributed by atoms with van der Waals surface area (Å²) in [5, 5.41) is 0. The number of carbonyl (C=O) groups excluding carboxylic acids is 1. The predicted octanol–water partition coefficient (Wildman–Crippen LogP) is 3.85. The molecule has 1 amide bonds. The summed E-state index contributed by atoms with van der Waals surface area (Å²) in [7, 11) is 1.99. The molecule has 1 aliphatic heterocycles. The molecular formula is C26H33N3O. The van der Waals surface area contributed by atoms with E-state index in [1.54, 1.807) is 0 Å². The first-order valence-corrected chi connectivity index (χ1v) is 11.2. The van der Waals surface area contributed by atoms with E-state index < -0.39 is 0 Å². The molecule has 2 aromatic carbocycles. The summed E-state index contributed by atoms with van der Waals surface area (Å²) in [5.74, 6) is 0.245. The van der Waals surface area contributed by atoms with Crippen molar-refractivity contribution in [2.24, 2.45) is 0 Å². The van der Waals surface area contributed by atoms with E-state index in [-0.39, 0.29) is 11.9 Å². The van der Waals surface area contributed by atoms with Crippen LogP contribution in [0.3, 0.4) is 0 Å². The zero-order valence-electron chi connectivity index (χ0n) is 18.0. The zero-order chi connectivity index (χ0) is 20.8. The number of hydrogen-bond acceptors (Lipinski definition) is 3. The molecule has 1 fully saturated rings. The Morgan fingerprint density at radius 2 is 1.70 bits per heavy atom. The molecule has 1 aliphatic carbocycles. The van der Waals surface area contributed by atoms with Gasteiger partial charge in [0.2, 0.25) is 5.91 Å². The first kappa shape index (κ1) is 20.8. The van der Waals surface area contributed by atoms with Crippen LogP contribution in [0.1, 0.15) is 35.6 Å². The lowest BCUT2D eigenvalue weighted by molar-refractivity contribution is -0.134. The van der Waals surface area contributed by atoms with Crippen molar-refractivity contribution >= 4 is 12.0 Å². The number of rotatable bonds is 6. The fraction of sp³-hybridized carbons (Fsp3) is 0.423. The first-order valence-electron chi connectivity index (χ1n) is 11.2. The number of amides is 1. The third-order valence-corrected chi connectivity index (χ3v) is 6.50. The third kappa shape index (κ3) is 5.18. The van der Waals surface area contributed by atoms with Crippen LogP contribution < -0.4 is 0 Å². The highest BCUT2D eigenvalue weighted by molar-refractivity contribution is 5.78. The number of piperazine rings is 1. The molecule has 1 heterocycles. The van der Waals surface area contributed by atoms with E-state index in [4.69, 9.17) is 0 Å². The van der Waals surface area contributed by atoms with Gasteiger partial charge in [-0.15, -0.1) is 0 Å². The molecule has 1 atom stereocenters. The first-order chi connectivity index (χ1) is 14.7. The standard InChI is InChI=1S/C26H33N3O/c1-27(25-15-7-13-23-12-5-6-14-24(23)25)26(30)21-29-19-17-28(18-20-29)16-8-11-22-9-3-2-4-10-22/h2-6,8-12,14,25H,7,13,15-21H2,1H3/b11-8+/t25-/m0/s1. The molecule has 4 nitrogen and oxygen atoms in total. The molecular weight excluding hydrogens is 370 g/mol. The third-order valence-electron chi connectivity index (χ3n) is 6.50. The van der Waals surface area contributed by atoms with Crippen LogP contribution in [0, 0.1) is 0 Å². The van der Waals surface area contributed by atoms with Gasteiger partial charge in [0.15, 0.2) is 0 Å². The van der Waals surface area contributed by atoms with E-state index in [0.29, 0.717) is 6.54 Å². The molecule has 0 N–H and O–H groups in total.